The monoisotopic (exact) mass is 290 g/mol. The minimum atomic E-state index is -1.15. The molecule has 2 aromatic rings. The van der Waals surface area contributed by atoms with E-state index in [-0.39, 0.29) is 11.3 Å². The molecule has 0 spiro atoms. The highest BCUT2D eigenvalue weighted by molar-refractivity contribution is 5.86. The highest BCUT2D eigenvalue weighted by Crippen LogP contribution is 2.32. The molecule has 5 nitrogen and oxygen atoms in total. The van der Waals surface area contributed by atoms with Crippen LogP contribution in [0, 0.1) is 19.7 Å². The molecule has 0 amide bonds. The van der Waals surface area contributed by atoms with E-state index in [0.717, 1.165) is 11.8 Å². The molecule has 1 aromatic heterocycles. The summed E-state index contributed by atoms with van der Waals surface area (Å²) in [6.07, 6.45) is 2.04. The van der Waals surface area contributed by atoms with Crippen LogP contribution in [0.1, 0.15) is 17.0 Å². The van der Waals surface area contributed by atoms with Gasteiger partial charge in [0.1, 0.15) is 17.3 Å². The van der Waals surface area contributed by atoms with Gasteiger partial charge in [0.15, 0.2) is 5.75 Å². The van der Waals surface area contributed by atoms with Gasteiger partial charge in [-0.2, -0.15) is 5.10 Å². The quantitative estimate of drug-likeness (QED) is 0.879. The van der Waals surface area contributed by atoms with Gasteiger partial charge in [-0.15, -0.1) is 0 Å². The van der Waals surface area contributed by atoms with Crippen molar-refractivity contribution in [2.75, 3.05) is 0 Å². The topological polar surface area (TPSA) is 64.4 Å². The Morgan fingerprint density at radius 3 is 2.71 bits per heavy atom. The van der Waals surface area contributed by atoms with Crippen LogP contribution in [0.25, 0.3) is 6.08 Å². The van der Waals surface area contributed by atoms with Crippen LogP contribution in [0.15, 0.2) is 24.3 Å². The predicted octanol–water partition coefficient (Wildman–Crippen LogP) is 3.07. The summed E-state index contributed by atoms with van der Waals surface area (Å²) in [5.41, 5.74) is 1.56. The van der Waals surface area contributed by atoms with Gasteiger partial charge in [-0.3, -0.25) is 4.68 Å². The molecule has 2 rings (SSSR count). The lowest BCUT2D eigenvalue weighted by Gasteiger charge is -2.09. The Labute approximate surface area is 121 Å². The first-order valence-corrected chi connectivity index (χ1v) is 6.27. The Balaban J connectivity index is 2.45. The van der Waals surface area contributed by atoms with E-state index in [0.29, 0.717) is 11.4 Å². The maximum Gasteiger partial charge on any atom is 0.328 e. The molecule has 21 heavy (non-hydrogen) atoms. The van der Waals surface area contributed by atoms with Crippen LogP contribution in [0.3, 0.4) is 0 Å². The van der Waals surface area contributed by atoms with Crippen LogP contribution in [-0.4, -0.2) is 20.9 Å². The third-order valence-electron chi connectivity index (χ3n) is 3.06. The molecule has 0 fully saturated rings. The molecule has 0 saturated carbocycles. The molecule has 1 heterocycles. The third-order valence-corrected chi connectivity index (χ3v) is 3.06. The fourth-order valence-corrected chi connectivity index (χ4v) is 1.93. The number of carboxylic acids is 1. The first kappa shape index (κ1) is 14.8. The largest absolute Gasteiger partial charge is 0.478 e. The first-order valence-electron chi connectivity index (χ1n) is 6.27. The fraction of sp³-hybridized carbons (Fsp3) is 0.200. The van der Waals surface area contributed by atoms with Crippen molar-refractivity contribution in [3.05, 3.63) is 47.0 Å². The molecule has 0 aliphatic rings. The molecule has 6 heteroatoms. The molecular weight excluding hydrogens is 275 g/mol. The van der Waals surface area contributed by atoms with Gasteiger partial charge in [-0.05, 0) is 32.1 Å². The van der Waals surface area contributed by atoms with E-state index in [1.807, 2.05) is 6.92 Å². The van der Waals surface area contributed by atoms with Crippen molar-refractivity contribution >= 4 is 12.0 Å². The molecule has 1 aromatic carbocycles. The van der Waals surface area contributed by atoms with Gasteiger partial charge >= 0.3 is 5.97 Å². The SMILES string of the molecule is Cc1nn(C)c(C)c1Oc1cccc(F)c1/C=C/C(=O)O. The van der Waals surface area contributed by atoms with Gasteiger partial charge in [0.2, 0.25) is 0 Å². The van der Waals surface area contributed by atoms with Crippen molar-refractivity contribution in [3.63, 3.8) is 0 Å². The molecule has 0 saturated heterocycles. The van der Waals surface area contributed by atoms with E-state index in [9.17, 15) is 9.18 Å². The number of ether oxygens (including phenoxy) is 1. The second kappa shape index (κ2) is 5.78. The second-order valence-electron chi connectivity index (χ2n) is 4.55. The molecule has 0 radical (unpaired) electrons. The van der Waals surface area contributed by atoms with Crippen molar-refractivity contribution in [3.8, 4) is 11.5 Å². The summed E-state index contributed by atoms with van der Waals surface area (Å²) in [5, 5.41) is 12.9. The molecule has 0 aliphatic heterocycles. The van der Waals surface area contributed by atoms with Crippen LogP contribution in [-0.2, 0) is 11.8 Å². The second-order valence-corrected chi connectivity index (χ2v) is 4.55. The van der Waals surface area contributed by atoms with E-state index < -0.39 is 11.8 Å². The zero-order chi connectivity index (χ0) is 15.6. The van der Waals surface area contributed by atoms with Crippen LogP contribution >= 0.6 is 0 Å². The summed E-state index contributed by atoms with van der Waals surface area (Å²) in [6.45, 7) is 3.62. The maximum absolute atomic E-state index is 13.9. The van der Waals surface area contributed by atoms with E-state index in [4.69, 9.17) is 9.84 Å². The normalized spacial score (nSPS) is 11.0. The average molecular weight is 290 g/mol. The summed E-state index contributed by atoms with van der Waals surface area (Å²) < 4.78 is 21.3. The Morgan fingerprint density at radius 1 is 1.43 bits per heavy atom. The number of hydrogen-bond acceptors (Lipinski definition) is 3. The Hall–Kier alpha value is -2.63. The Morgan fingerprint density at radius 2 is 2.14 bits per heavy atom. The first-order chi connectivity index (χ1) is 9.90. The van der Waals surface area contributed by atoms with Crippen molar-refractivity contribution in [2.24, 2.45) is 7.05 Å². The molecular formula is C15H15FN2O3. The lowest BCUT2D eigenvalue weighted by Crippen LogP contribution is -1.95. The van der Waals surface area contributed by atoms with Crippen LogP contribution in [0.5, 0.6) is 11.5 Å². The van der Waals surface area contributed by atoms with Crippen molar-refractivity contribution < 1.29 is 19.0 Å². The average Bonchev–Trinajstić information content (AvgIpc) is 2.64. The molecule has 0 atom stereocenters. The number of benzene rings is 1. The minimum Gasteiger partial charge on any atom is -0.478 e. The number of nitrogens with zero attached hydrogens (tertiary/aromatic N) is 2. The highest BCUT2D eigenvalue weighted by Gasteiger charge is 2.15. The van der Waals surface area contributed by atoms with Gasteiger partial charge in [-0.1, -0.05) is 6.07 Å². The zero-order valence-electron chi connectivity index (χ0n) is 11.9. The van der Waals surface area contributed by atoms with E-state index in [2.05, 4.69) is 5.10 Å². The molecule has 110 valence electrons. The number of aliphatic carboxylic acids is 1. The number of hydrogen-bond donors (Lipinski definition) is 1. The standard InChI is InChI=1S/C15H15FN2O3/c1-9-15(10(2)18(3)17-9)21-13-6-4-5-12(16)11(13)7-8-14(19)20/h4-8H,1-3H3,(H,19,20)/b8-7+. The zero-order valence-corrected chi connectivity index (χ0v) is 11.9. The fourth-order valence-electron chi connectivity index (χ4n) is 1.93. The van der Waals surface area contributed by atoms with Gasteiger partial charge in [-0.25, -0.2) is 9.18 Å². The molecule has 1 N–H and O–H groups in total. The Bertz CT molecular complexity index is 720. The summed E-state index contributed by atoms with van der Waals surface area (Å²) in [6, 6.07) is 4.33. The number of carboxylic acid groups (broad SMARTS) is 1. The van der Waals surface area contributed by atoms with Crippen LogP contribution in [0.2, 0.25) is 0 Å². The number of aryl methyl sites for hydroxylation is 2. The van der Waals surface area contributed by atoms with Crippen molar-refractivity contribution in [1.29, 1.82) is 0 Å². The summed E-state index contributed by atoms with van der Waals surface area (Å²) in [7, 11) is 1.78. The lowest BCUT2D eigenvalue weighted by molar-refractivity contribution is -0.131. The van der Waals surface area contributed by atoms with Crippen molar-refractivity contribution in [2.45, 2.75) is 13.8 Å². The van der Waals surface area contributed by atoms with Gasteiger partial charge < -0.3 is 9.84 Å². The third kappa shape index (κ3) is 3.10. The lowest BCUT2D eigenvalue weighted by atomic mass is 10.1. The molecule has 0 unspecified atom stereocenters. The van der Waals surface area contributed by atoms with E-state index >= 15 is 0 Å². The van der Waals surface area contributed by atoms with Crippen LogP contribution in [0.4, 0.5) is 4.39 Å². The van der Waals surface area contributed by atoms with Crippen LogP contribution < -0.4 is 4.74 Å². The maximum atomic E-state index is 13.9. The van der Waals surface area contributed by atoms with E-state index in [1.165, 1.54) is 18.2 Å². The smallest absolute Gasteiger partial charge is 0.328 e. The minimum absolute atomic E-state index is 0.0857. The van der Waals surface area contributed by atoms with Crippen molar-refractivity contribution in [1.82, 2.24) is 9.78 Å². The summed E-state index contributed by atoms with van der Waals surface area (Å²) >= 11 is 0. The summed E-state index contributed by atoms with van der Waals surface area (Å²) in [4.78, 5) is 10.6. The molecule has 0 bridgehead atoms. The van der Waals surface area contributed by atoms with E-state index in [1.54, 1.807) is 24.7 Å². The van der Waals surface area contributed by atoms with Gasteiger partial charge in [0.25, 0.3) is 0 Å². The number of carbonyl (C=O) groups is 1. The predicted molar refractivity (Wildman–Crippen MR) is 75.8 cm³/mol. The highest BCUT2D eigenvalue weighted by atomic mass is 19.1. The number of rotatable bonds is 4. The number of halogens is 1. The molecule has 0 aliphatic carbocycles. The van der Waals surface area contributed by atoms with Gasteiger partial charge in [0, 0.05) is 13.1 Å². The Kier molecular flexibility index (Phi) is 4.07. The number of aromatic nitrogens is 2. The summed E-state index contributed by atoms with van der Waals surface area (Å²) in [5.74, 6) is -0.929. The van der Waals surface area contributed by atoms with Gasteiger partial charge in [0.05, 0.1) is 11.3 Å².